The number of hydrogen-bond donors (Lipinski definition) is 2. The number of amides is 1. The zero-order chi connectivity index (χ0) is 16.5. The van der Waals surface area contributed by atoms with Gasteiger partial charge in [0.05, 0.1) is 5.39 Å². The van der Waals surface area contributed by atoms with Crippen molar-refractivity contribution in [2.45, 2.75) is 32.2 Å². The second kappa shape index (κ2) is 6.31. The van der Waals surface area contributed by atoms with Crippen LogP contribution in [0, 0.1) is 5.92 Å². The van der Waals surface area contributed by atoms with Crippen molar-refractivity contribution >= 4 is 38.7 Å². The van der Waals surface area contributed by atoms with E-state index in [0.717, 1.165) is 6.54 Å². The maximum atomic E-state index is 12.6. The number of H-pyrrole nitrogens is 1. The van der Waals surface area contributed by atoms with E-state index >= 15 is 0 Å². The SMILES string of the molecule is O=C(Nc1cc(Br)[nH]n1)c1nn(CC2CCCC2)c2ncncc12. The number of nitrogens with one attached hydrogen (secondary N) is 2. The van der Waals surface area contributed by atoms with Crippen LogP contribution in [0.15, 0.2) is 23.2 Å². The lowest BCUT2D eigenvalue weighted by atomic mass is 10.1. The zero-order valence-corrected chi connectivity index (χ0v) is 14.5. The highest BCUT2D eigenvalue weighted by atomic mass is 79.9. The van der Waals surface area contributed by atoms with Crippen LogP contribution in [0.25, 0.3) is 11.0 Å². The van der Waals surface area contributed by atoms with Crippen molar-refractivity contribution in [3.63, 3.8) is 0 Å². The molecule has 0 unspecified atom stereocenters. The fourth-order valence-corrected chi connectivity index (χ4v) is 3.49. The van der Waals surface area contributed by atoms with E-state index in [9.17, 15) is 4.79 Å². The van der Waals surface area contributed by atoms with Gasteiger partial charge in [-0.3, -0.25) is 9.89 Å². The van der Waals surface area contributed by atoms with Crippen LogP contribution < -0.4 is 5.32 Å². The number of aromatic nitrogens is 6. The number of aromatic amines is 1. The first kappa shape index (κ1) is 15.3. The molecule has 2 N–H and O–H groups in total. The van der Waals surface area contributed by atoms with E-state index in [1.54, 1.807) is 12.3 Å². The molecule has 1 saturated carbocycles. The van der Waals surface area contributed by atoms with Crippen LogP contribution in [0.2, 0.25) is 0 Å². The largest absolute Gasteiger partial charge is 0.304 e. The average molecular weight is 390 g/mol. The molecule has 1 aliphatic carbocycles. The molecule has 9 heteroatoms. The predicted molar refractivity (Wildman–Crippen MR) is 91.5 cm³/mol. The number of fused-ring (bicyclic) bond motifs is 1. The maximum absolute atomic E-state index is 12.6. The first-order valence-electron chi connectivity index (χ1n) is 7.89. The fraction of sp³-hybridized carbons (Fsp3) is 0.400. The second-order valence-corrected chi connectivity index (χ2v) is 6.85. The van der Waals surface area contributed by atoms with Crippen molar-refractivity contribution < 1.29 is 4.79 Å². The van der Waals surface area contributed by atoms with Gasteiger partial charge >= 0.3 is 0 Å². The lowest BCUT2D eigenvalue weighted by Gasteiger charge is -2.08. The highest BCUT2D eigenvalue weighted by Crippen LogP contribution is 2.27. The Hall–Kier alpha value is -2.29. The van der Waals surface area contributed by atoms with E-state index in [2.05, 4.69) is 46.5 Å². The molecule has 8 nitrogen and oxygen atoms in total. The molecule has 0 aromatic carbocycles. The van der Waals surface area contributed by atoms with Gasteiger partial charge in [0.25, 0.3) is 5.91 Å². The minimum Gasteiger partial charge on any atom is -0.304 e. The molecule has 124 valence electrons. The minimum absolute atomic E-state index is 0.320. The van der Waals surface area contributed by atoms with Crippen molar-refractivity contribution in [2.24, 2.45) is 5.92 Å². The molecule has 24 heavy (non-hydrogen) atoms. The number of nitrogens with zero attached hydrogens (tertiary/aromatic N) is 5. The Kier molecular flexibility index (Phi) is 4.01. The fourth-order valence-electron chi connectivity index (χ4n) is 3.19. The van der Waals surface area contributed by atoms with Crippen molar-refractivity contribution in [3.05, 3.63) is 28.9 Å². The van der Waals surface area contributed by atoms with E-state index in [1.807, 2.05) is 4.68 Å². The first-order valence-corrected chi connectivity index (χ1v) is 8.69. The molecule has 0 radical (unpaired) electrons. The Labute approximate surface area is 146 Å². The number of hydrogen-bond acceptors (Lipinski definition) is 5. The van der Waals surface area contributed by atoms with Crippen LogP contribution in [0.4, 0.5) is 5.82 Å². The molecule has 1 amide bonds. The summed E-state index contributed by atoms with van der Waals surface area (Å²) >= 11 is 3.26. The van der Waals surface area contributed by atoms with Crippen molar-refractivity contribution in [3.8, 4) is 0 Å². The summed E-state index contributed by atoms with van der Waals surface area (Å²) in [6.07, 6.45) is 8.06. The van der Waals surface area contributed by atoms with Crippen LogP contribution >= 0.6 is 15.9 Å². The van der Waals surface area contributed by atoms with E-state index in [0.29, 0.717) is 33.1 Å². The molecule has 4 rings (SSSR count). The van der Waals surface area contributed by atoms with E-state index in [-0.39, 0.29) is 5.91 Å². The summed E-state index contributed by atoms with van der Waals surface area (Å²) in [5, 5.41) is 14.6. The molecule has 0 spiro atoms. The Morgan fingerprint density at radius 2 is 2.25 bits per heavy atom. The lowest BCUT2D eigenvalue weighted by molar-refractivity contribution is 0.102. The highest BCUT2D eigenvalue weighted by Gasteiger charge is 2.22. The summed E-state index contributed by atoms with van der Waals surface area (Å²) in [6.45, 7) is 0.786. The third-order valence-corrected chi connectivity index (χ3v) is 4.73. The molecule has 0 aliphatic heterocycles. The van der Waals surface area contributed by atoms with Gasteiger partial charge in [0, 0.05) is 18.8 Å². The summed E-state index contributed by atoms with van der Waals surface area (Å²) in [4.78, 5) is 20.9. The van der Waals surface area contributed by atoms with Crippen LogP contribution in [0.5, 0.6) is 0 Å². The Bertz CT molecular complexity index is 881. The lowest BCUT2D eigenvalue weighted by Crippen LogP contribution is -2.15. The van der Waals surface area contributed by atoms with Crippen molar-refractivity contribution in [2.75, 3.05) is 5.32 Å². The van der Waals surface area contributed by atoms with Crippen LogP contribution in [0.3, 0.4) is 0 Å². The van der Waals surface area contributed by atoms with E-state index in [1.165, 1.54) is 32.0 Å². The van der Waals surface area contributed by atoms with Crippen LogP contribution in [0.1, 0.15) is 36.2 Å². The van der Waals surface area contributed by atoms with Gasteiger partial charge in [0.2, 0.25) is 0 Å². The van der Waals surface area contributed by atoms with Gasteiger partial charge in [-0.15, -0.1) is 0 Å². The summed E-state index contributed by atoms with van der Waals surface area (Å²) in [5.74, 6) is 0.711. The van der Waals surface area contributed by atoms with Gasteiger partial charge in [-0.25, -0.2) is 14.6 Å². The van der Waals surface area contributed by atoms with Gasteiger partial charge in [-0.05, 0) is 34.7 Å². The Balaban J connectivity index is 1.65. The van der Waals surface area contributed by atoms with Crippen molar-refractivity contribution in [1.29, 1.82) is 0 Å². The van der Waals surface area contributed by atoms with E-state index in [4.69, 9.17) is 0 Å². The Morgan fingerprint density at radius 1 is 1.42 bits per heavy atom. The summed E-state index contributed by atoms with van der Waals surface area (Å²) in [5.41, 5.74) is 1.02. The molecule has 3 aromatic rings. The van der Waals surface area contributed by atoms with Gasteiger partial charge < -0.3 is 5.32 Å². The average Bonchev–Trinajstić information content (AvgIpc) is 3.30. The minimum atomic E-state index is -0.320. The molecule has 1 fully saturated rings. The van der Waals surface area contributed by atoms with Gasteiger partial charge in [0.15, 0.2) is 17.2 Å². The summed E-state index contributed by atoms with van der Waals surface area (Å²) in [6, 6.07) is 1.69. The second-order valence-electron chi connectivity index (χ2n) is 6.00. The third kappa shape index (κ3) is 2.91. The Morgan fingerprint density at radius 3 is 3.00 bits per heavy atom. The summed E-state index contributed by atoms with van der Waals surface area (Å²) < 4.78 is 2.53. The van der Waals surface area contributed by atoms with Crippen molar-refractivity contribution in [1.82, 2.24) is 29.9 Å². The quantitative estimate of drug-likeness (QED) is 0.714. The standard InChI is InChI=1S/C15H16BrN7O/c16-11-5-12(21-20-11)19-15(24)13-10-6-17-8-18-14(10)23(22-13)7-9-3-1-2-4-9/h5-6,8-9H,1-4,7H2,(H2,19,20,21,24). The maximum Gasteiger partial charge on any atom is 0.278 e. The molecular formula is C15H16BrN7O. The number of rotatable bonds is 4. The zero-order valence-electron chi connectivity index (χ0n) is 12.9. The van der Waals surface area contributed by atoms with Gasteiger partial charge in [0.1, 0.15) is 10.9 Å². The topological polar surface area (TPSA) is 101 Å². The van der Waals surface area contributed by atoms with E-state index < -0.39 is 0 Å². The van der Waals surface area contributed by atoms with Crippen LogP contribution in [-0.4, -0.2) is 35.9 Å². The smallest absolute Gasteiger partial charge is 0.278 e. The molecular weight excluding hydrogens is 374 g/mol. The number of carbonyl (C=O) groups is 1. The van der Waals surface area contributed by atoms with Crippen LogP contribution in [-0.2, 0) is 6.54 Å². The van der Waals surface area contributed by atoms with Gasteiger partial charge in [-0.2, -0.15) is 10.2 Å². The third-order valence-electron chi connectivity index (χ3n) is 4.32. The molecule has 1 aliphatic rings. The predicted octanol–water partition coefficient (Wildman–Crippen LogP) is 2.75. The molecule has 0 bridgehead atoms. The molecule has 0 atom stereocenters. The number of carbonyl (C=O) groups excluding carboxylic acids is 1. The normalized spacial score (nSPS) is 15.2. The summed E-state index contributed by atoms with van der Waals surface area (Å²) in [7, 11) is 0. The first-order chi connectivity index (χ1) is 11.7. The number of anilines is 1. The monoisotopic (exact) mass is 389 g/mol. The molecule has 3 heterocycles. The van der Waals surface area contributed by atoms with Gasteiger partial charge in [-0.1, -0.05) is 12.8 Å². The molecule has 3 aromatic heterocycles. The molecule has 0 saturated heterocycles. The number of halogens is 1. The highest BCUT2D eigenvalue weighted by molar-refractivity contribution is 9.10.